The van der Waals surface area contributed by atoms with E-state index in [1.54, 1.807) is 19.1 Å². The molecule has 2 rings (SSSR count). The minimum absolute atomic E-state index is 0.224. The number of hydrogen-bond acceptors (Lipinski definition) is 7. The lowest BCUT2D eigenvalue weighted by Crippen LogP contribution is -2.30. The molecule has 0 aliphatic rings. The summed E-state index contributed by atoms with van der Waals surface area (Å²) in [5, 5.41) is 2.29. The standard InChI is InChI=1S/C21H25NO6S/c1-14(29-16-8-6-5-7-9-16)21(24)28-13-19(23)22-12-15-10-17(25-2)20(27-4)18(11-15)26-3/h5-11,14H,12-13H2,1-4H3,(H,22,23)/t14-/m0/s1. The van der Waals surface area contributed by atoms with Crippen molar-refractivity contribution in [2.45, 2.75) is 23.6 Å². The smallest absolute Gasteiger partial charge is 0.319 e. The Morgan fingerprint density at radius 2 is 1.62 bits per heavy atom. The van der Waals surface area contributed by atoms with Crippen LogP contribution in [0.3, 0.4) is 0 Å². The Hall–Kier alpha value is -2.87. The van der Waals surface area contributed by atoms with Crippen LogP contribution in [0.25, 0.3) is 0 Å². The highest BCUT2D eigenvalue weighted by Crippen LogP contribution is 2.38. The molecule has 0 radical (unpaired) electrons. The fourth-order valence-electron chi connectivity index (χ4n) is 2.49. The van der Waals surface area contributed by atoms with E-state index in [2.05, 4.69) is 5.32 Å². The zero-order valence-electron chi connectivity index (χ0n) is 16.9. The van der Waals surface area contributed by atoms with Gasteiger partial charge in [0.15, 0.2) is 18.1 Å². The number of thioether (sulfide) groups is 1. The van der Waals surface area contributed by atoms with E-state index < -0.39 is 17.1 Å². The number of esters is 1. The summed E-state index contributed by atoms with van der Waals surface area (Å²) < 4.78 is 21.0. The maximum Gasteiger partial charge on any atom is 0.319 e. The zero-order valence-corrected chi connectivity index (χ0v) is 17.7. The molecule has 8 heteroatoms. The largest absolute Gasteiger partial charge is 0.493 e. The highest BCUT2D eigenvalue weighted by atomic mass is 32.2. The van der Waals surface area contributed by atoms with Crippen LogP contribution in [0.5, 0.6) is 17.2 Å². The van der Waals surface area contributed by atoms with Crippen molar-refractivity contribution in [3.05, 3.63) is 48.0 Å². The van der Waals surface area contributed by atoms with Crippen LogP contribution in [0.4, 0.5) is 0 Å². The van der Waals surface area contributed by atoms with Gasteiger partial charge in [0.25, 0.3) is 5.91 Å². The van der Waals surface area contributed by atoms with Gasteiger partial charge in [-0.15, -0.1) is 11.8 Å². The minimum atomic E-state index is -0.443. The number of hydrogen-bond donors (Lipinski definition) is 1. The van der Waals surface area contributed by atoms with Crippen molar-refractivity contribution in [2.75, 3.05) is 27.9 Å². The van der Waals surface area contributed by atoms with Crippen molar-refractivity contribution >= 4 is 23.6 Å². The maximum atomic E-state index is 12.1. The summed E-state index contributed by atoms with van der Waals surface area (Å²) in [4.78, 5) is 25.1. The van der Waals surface area contributed by atoms with E-state index in [-0.39, 0.29) is 13.2 Å². The number of methoxy groups -OCH3 is 3. The SMILES string of the molecule is COc1cc(CNC(=O)COC(=O)[C@H](C)Sc2ccccc2)cc(OC)c1OC. The van der Waals surface area contributed by atoms with Crippen LogP contribution in [-0.4, -0.2) is 45.1 Å². The molecule has 1 atom stereocenters. The molecule has 0 aliphatic heterocycles. The van der Waals surface area contributed by atoms with Crippen LogP contribution in [0.15, 0.2) is 47.4 Å². The first-order valence-corrected chi connectivity index (χ1v) is 9.80. The Balaban J connectivity index is 1.84. The van der Waals surface area contributed by atoms with Crippen molar-refractivity contribution in [3.63, 3.8) is 0 Å². The Morgan fingerprint density at radius 1 is 1.00 bits per heavy atom. The van der Waals surface area contributed by atoms with E-state index in [0.29, 0.717) is 17.2 Å². The third-order valence-corrected chi connectivity index (χ3v) is 5.04. The molecule has 0 unspecified atom stereocenters. The average Bonchev–Trinajstić information content (AvgIpc) is 2.75. The summed E-state index contributed by atoms with van der Waals surface area (Å²) in [7, 11) is 4.56. The van der Waals surface area contributed by atoms with Gasteiger partial charge in [0.05, 0.1) is 21.3 Å². The van der Waals surface area contributed by atoms with Crippen LogP contribution in [0, 0.1) is 0 Å². The molecule has 0 saturated heterocycles. The first-order chi connectivity index (χ1) is 14.0. The van der Waals surface area contributed by atoms with Crippen LogP contribution < -0.4 is 19.5 Å². The van der Waals surface area contributed by atoms with Crippen LogP contribution >= 0.6 is 11.8 Å². The zero-order chi connectivity index (χ0) is 21.2. The second kappa shape index (κ2) is 11.2. The van der Waals surface area contributed by atoms with Gasteiger partial charge in [-0.1, -0.05) is 18.2 Å². The van der Waals surface area contributed by atoms with E-state index >= 15 is 0 Å². The number of rotatable bonds is 10. The Labute approximate surface area is 174 Å². The van der Waals surface area contributed by atoms with Gasteiger partial charge >= 0.3 is 5.97 Å². The molecule has 0 aliphatic carbocycles. The number of amides is 1. The molecule has 0 fully saturated rings. The van der Waals surface area contributed by atoms with Crippen LogP contribution in [-0.2, 0) is 20.9 Å². The van der Waals surface area contributed by atoms with Gasteiger partial charge < -0.3 is 24.3 Å². The predicted molar refractivity (Wildman–Crippen MR) is 111 cm³/mol. The number of carbonyl (C=O) groups excluding carboxylic acids is 2. The van der Waals surface area contributed by atoms with Crippen LogP contribution in [0.2, 0.25) is 0 Å². The van der Waals surface area contributed by atoms with Gasteiger partial charge in [0.1, 0.15) is 5.25 Å². The third kappa shape index (κ3) is 6.60. The Kier molecular flexibility index (Phi) is 8.67. The summed E-state index contributed by atoms with van der Waals surface area (Å²) in [5.74, 6) is 0.623. The van der Waals surface area contributed by atoms with Gasteiger partial charge in [-0.3, -0.25) is 9.59 Å². The van der Waals surface area contributed by atoms with E-state index in [0.717, 1.165) is 10.5 Å². The molecular formula is C21H25NO6S. The summed E-state index contributed by atoms with van der Waals surface area (Å²) in [6.45, 7) is 1.62. The summed E-state index contributed by atoms with van der Waals surface area (Å²) in [6.07, 6.45) is 0. The number of ether oxygens (including phenoxy) is 4. The molecule has 156 valence electrons. The molecule has 0 aromatic heterocycles. The molecule has 29 heavy (non-hydrogen) atoms. The lowest BCUT2D eigenvalue weighted by Gasteiger charge is -2.15. The average molecular weight is 419 g/mol. The third-order valence-electron chi connectivity index (χ3n) is 3.95. The van der Waals surface area contributed by atoms with Crippen molar-refractivity contribution in [3.8, 4) is 17.2 Å². The fourth-order valence-corrected chi connectivity index (χ4v) is 3.38. The molecule has 2 aromatic carbocycles. The van der Waals surface area contributed by atoms with Gasteiger partial charge in [-0.2, -0.15) is 0 Å². The molecule has 1 amide bonds. The quantitative estimate of drug-likeness (QED) is 0.468. The maximum absolute atomic E-state index is 12.1. The molecule has 1 N–H and O–H groups in total. The van der Waals surface area contributed by atoms with Crippen LogP contribution in [0.1, 0.15) is 12.5 Å². The second-order valence-electron chi connectivity index (χ2n) is 5.99. The molecule has 0 bridgehead atoms. The fraction of sp³-hybridized carbons (Fsp3) is 0.333. The van der Waals surface area contributed by atoms with E-state index in [4.69, 9.17) is 18.9 Å². The summed E-state index contributed by atoms with van der Waals surface area (Å²) in [6, 6.07) is 13.0. The molecule has 0 heterocycles. The predicted octanol–water partition coefficient (Wildman–Crippen LogP) is 3.05. The van der Waals surface area contributed by atoms with Crippen molar-refractivity contribution in [1.29, 1.82) is 0 Å². The molecular weight excluding hydrogens is 394 g/mol. The molecule has 2 aromatic rings. The Morgan fingerprint density at radius 3 is 2.17 bits per heavy atom. The van der Waals surface area contributed by atoms with E-state index in [1.807, 2.05) is 30.3 Å². The van der Waals surface area contributed by atoms with Gasteiger partial charge in [0.2, 0.25) is 5.75 Å². The second-order valence-corrected chi connectivity index (χ2v) is 7.41. The highest BCUT2D eigenvalue weighted by molar-refractivity contribution is 8.00. The monoisotopic (exact) mass is 419 g/mol. The number of benzene rings is 2. The van der Waals surface area contributed by atoms with Crippen molar-refractivity contribution in [2.24, 2.45) is 0 Å². The topological polar surface area (TPSA) is 83.1 Å². The van der Waals surface area contributed by atoms with Gasteiger partial charge in [-0.05, 0) is 36.8 Å². The molecule has 7 nitrogen and oxygen atoms in total. The lowest BCUT2D eigenvalue weighted by atomic mass is 10.1. The number of carbonyl (C=O) groups is 2. The minimum Gasteiger partial charge on any atom is -0.493 e. The normalized spacial score (nSPS) is 11.3. The first-order valence-electron chi connectivity index (χ1n) is 8.92. The highest BCUT2D eigenvalue weighted by Gasteiger charge is 2.18. The first kappa shape index (κ1) is 22.4. The van der Waals surface area contributed by atoms with Crippen molar-refractivity contribution in [1.82, 2.24) is 5.32 Å². The lowest BCUT2D eigenvalue weighted by molar-refractivity contribution is -0.147. The number of nitrogens with one attached hydrogen (secondary N) is 1. The summed E-state index contributed by atoms with van der Waals surface area (Å²) in [5.41, 5.74) is 0.757. The van der Waals surface area contributed by atoms with Gasteiger partial charge in [0, 0.05) is 11.4 Å². The van der Waals surface area contributed by atoms with E-state index in [1.165, 1.54) is 33.1 Å². The van der Waals surface area contributed by atoms with Crippen molar-refractivity contribution < 1.29 is 28.5 Å². The van der Waals surface area contributed by atoms with Gasteiger partial charge in [-0.25, -0.2) is 0 Å². The Bertz CT molecular complexity index is 802. The molecule has 0 saturated carbocycles. The van der Waals surface area contributed by atoms with E-state index in [9.17, 15) is 9.59 Å². The molecule has 0 spiro atoms. The summed E-state index contributed by atoms with van der Waals surface area (Å²) >= 11 is 1.38.